The zero-order valence-electron chi connectivity index (χ0n) is 15.8. The maximum Gasteiger partial charge on any atom is 0.238 e. The lowest BCUT2D eigenvalue weighted by molar-refractivity contribution is -0.119. The molecule has 8 heteroatoms. The Morgan fingerprint density at radius 1 is 1.11 bits per heavy atom. The highest BCUT2D eigenvalue weighted by atomic mass is 35.5. The number of benzene rings is 2. The Labute approximate surface area is 168 Å². The highest BCUT2D eigenvalue weighted by Gasteiger charge is 2.13. The Bertz CT molecular complexity index is 815. The average Bonchev–Trinajstić information content (AvgIpc) is 2.68. The van der Waals surface area contributed by atoms with Crippen LogP contribution in [0.5, 0.6) is 5.75 Å². The Kier molecular flexibility index (Phi) is 8.22. The van der Waals surface area contributed by atoms with Gasteiger partial charge in [0.1, 0.15) is 11.6 Å². The molecule has 0 unspecified atom stereocenters. The van der Waals surface area contributed by atoms with Crippen LogP contribution in [0.3, 0.4) is 0 Å². The molecule has 0 spiro atoms. The van der Waals surface area contributed by atoms with Crippen LogP contribution < -0.4 is 15.4 Å². The third-order valence-corrected chi connectivity index (χ3v) is 4.28. The van der Waals surface area contributed by atoms with Crippen LogP contribution in [0, 0.1) is 5.82 Å². The number of nitrogens with zero attached hydrogens (tertiary/aromatic N) is 1. The van der Waals surface area contributed by atoms with Crippen molar-refractivity contribution in [2.24, 2.45) is 0 Å². The molecule has 6 nitrogen and oxygen atoms in total. The van der Waals surface area contributed by atoms with E-state index in [1.165, 1.54) is 12.1 Å². The van der Waals surface area contributed by atoms with Gasteiger partial charge in [0.05, 0.1) is 19.3 Å². The number of methoxy groups -OCH3 is 1. The molecule has 2 aromatic carbocycles. The molecular formula is C20H23ClFN3O3. The summed E-state index contributed by atoms with van der Waals surface area (Å²) in [4.78, 5) is 26.1. The molecule has 0 aliphatic rings. The Hall–Kier alpha value is -2.64. The summed E-state index contributed by atoms with van der Waals surface area (Å²) >= 11 is 5.69. The molecule has 2 aromatic rings. The second-order valence-electron chi connectivity index (χ2n) is 6.07. The van der Waals surface area contributed by atoms with Crippen molar-refractivity contribution in [1.82, 2.24) is 4.90 Å². The number of hydrogen-bond donors (Lipinski definition) is 2. The summed E-state index contributed by atoms with van der Waals surface area (Å²) in [6.07, 6.45) is 0.131. The quantitative estimate of drug-likeness (QED) is 0.663. The van der Waals surface area contributed by atoms with E-state index in [9.17, 15) is 14.0 Å². The van der Waals surface area contributed by atoms with Crippen LogP contribution in [0.1, 0.15) is 13.3 Å². The van der Waals surface area contributed by atoms with Crippen LogP contribution in [0.2, 0.25) is 5.02 Å². The maximum atomic E-state index is 13.7. The van der Waals surface area contributed by atoms with Crippen molar-refractivity contribution in [3.8, 4) is 5.75 Å². The maximum absolute atomic E-state index is 13.7. The van der Waals surface area contributed by atoms with Gasteiger partial charge in [0.25, 0.3) is 0 Å². The first-order valence-corrected chi connectivity index (χ1v) is 9.20. The van der Waals surface area contributed by atoms with Crippen molar-refractivity contribution in [1.29, 1.82) is 0 Å². The van der Waals surface area contributed by atoms with Gasteiger partial charge in [-0.1, -0.05) is 18.5 Å². The molecule has 28 heavy (non-hydrogen) atoms. The van der Waals surface area contributed by atoms with Crippen LogP contribution in [-0.2, 0) is 9.59 Å². The topological polar surface area (TPSA) is 70.7 Å². The van der Waals surface area contributed by atoms with Crippen LogP contribution >= 0.6 is 11.6 Å². The summed E-state index contributed by atoms with van der Waals surface area (Å²) in [5.74, 6) is -0.408. The van der Waals surface area contributed by atoms with Crippen LogP contribution in [0.4, 0.5) is 15.8 Å². The van der Waals surface area contributed by atoms with E-state index < -0.39 is 5.82 Å². The standard InChI is InChI=1S/C20H23ClFN3O3/c1-3-25(13-20(27)23-15-5-7-16(28-2)8-6-15)11-10-19(26)24-18-9-4-14(21)12-17(18)22/h4-9,12H,3,10-11,13H2,1-2H3,(H,23,27)(H,24,26). The van der Waals surface area contributed by atoms with E-state index in [0.29, 0.717) is 24.5 Å². The molecule has 150 valence electrons. The predicted octanol–water partition coefficient (Wildman–Crippen LogP) is 3.78. The number of likely N-dealkylation sites (N-methyl/N-ethyl adjacent to an activating group) is 1. The summed E-state index contributed by atoms with van der Waals surface area (Å²) in [7, 11) is 1.57. The zero-order valence-corrected chi connectivity index (χ0v) is 16.6. The van der Waals surface area contributed by atoms with Gasteiger partial charge in [0.15, 0.2) is 0 Å². The van der Waals surface area contributed by atoms with E-state index in [-0.39, 0.29) is 35.5 Å². The molecule has 0 radical (unpaired) electrons. The first-order chi connectivity index (χ1) is 13.4. The van der Waals surface area contributed by atoms with Gasteiger partial charge in [-0.3, -0.25) is 14.5 Å². The molecule has 0 saturated carbocycles. The molecule has 0 fully saturated rings. The zero-order chi connectivity index (χ0) is 20.5. The summed E-state index contributed by atoms with van der Waals surface area (Å²) in [5, 5.41) is 5.57. The highest BCUT2D eigenvalue weighted by Crippen LogP contribution is 2.19. The summed E-state index contributed by atoms with van der Waals surface area (Å²) in [6, 6.07) is 11.1. The molecule has 0 aromatic heterocycles. The van der Waals surface area contributed by atoms with Crippen molar-refractivity contribution in [3.05, 3.63) is 53.3 Å². The van der Waals surface area contributed by atoms with Crippen molar-refractivity contribution in [3.63, 3.8) is 0 Å². The fourth-order valence-electron chi connectivity index (χ4n) is 2.49. The van der Waals surface area contributed by atoms with Gasteiger partial charge in [0.2, 0.25) is 11.8 Å². The molecule has 0 aliphatic heterocycles. The summed E-state index contributed by atoms with van der Waals surface area (Å²) in [5.41, 5.74) is 0.743. The van der Waals surface area contributed by atoms with Crippen molar-refractivity contribution in [2.75, 3.05) is 37.4 Å². The van der Waals surface area contributed by atoms with Gasteiger partial charge in [-0.05, 0) is 49.0 Å². The lowest BCUT2D eigenvalue weighted by atomic mass is 10.2. The minimum atomic E-state index is -0.591. The van der Waals surface area contributed by atoms with Crippen LogP contribution in [-0.4, -0.2) is 43.5 Å². The molecule has 2 N–H and O–H groups in total. The SMILES string of the molecule is CCN(CCC(=O)Nc1ccc(Cl)cc1F)CC(=O)Nc1ccc(OC)cc1. The lowest BCUT2D eigenvalue weighted by Crippen LogP contribution is -2.35. The first-order valence-electron chi connectivity index (χ1n) is 8.82. The summed E-state index contributed by atoms with van der Waals surface area (Å²) in [6.45, 7) is 3.01. The molecule has 2 amide bonds. The number of halogens is 2. The normalized spacial score (nSPS) is 10.6. The Morgan fingerprint density at radius 2 is 1.82 bits per heavy atom. The molecule has 0 heterocycles. The largest absolute Gasteiger partial charge is 0.497 e. The van der Waals surface area contributed by atoms with E-state index in [1.807, 2.05) is 11.8 Å². The monoisotopic (exact) mass is 407 g/mol. The number of amides is 2. The number of carbonyl (C=O) groups excluding carboxylic acids is 2. The van der Waals surface area contributed by atoms with E-state index in [0.717, 1.165) is 6.07 Å². The van der Waals surface area contributed by atoms with Crippen molar-refractivity contribution in [2.45, 2.75) is 13.3 Å². The molecular weight excluding hydrogens is 385 g/mol. The fourth-order valence-corrected chi connectivity index (χ4v) is 2.65. The van der Waals surface area contributed by atoms with E-state index in [2.05, 4.69) is 10.6 Å². The fraction of sp³-hybridized carbons (Fsp3) is 0.300. The van der Waals surface area contributed by atoms with Gasteiger partial charge in [0, 0.05) is 23.7 Å². The number of hydrogen-bond acceptors (Lipinski definition) is 4. The van der Waals surface area contributed by atoms with Gasteiger partial charge in [-0.2, -0.15) is 0 Å². The molecule has 0 atom stereocenters. The minimum absolute atomic E-state index is 0.0784. The molecule has 0 saturated heterocycles. The van der Waals surface area contributed by atoms with E-state index in [1.54, 1.807) is 31.4 Å². The first kappa shape index (κ1) is 21.7. The predicted molar refractivity (Wildman–Crippen MR) is 108 cm³/mol. The summed E-state index contributed by atoms with van der Waals surface area (Å²) < 4.78 is 18.8. The molecule has 2 rings (SSSR count). The van der Waals surface area contributed by atoms with Gasteiger partial charge in [-0.15, -0.1) is 0 Å². The smallest absolute Gasteiger partial charge is 0.238 e. The van der Waals surface area contributed by atoms with Crippen molar-refractivity contribution < 1.29 is 18.7 Å². The van der Waals surface area contributed by atoms with Crippen LogP contribution in [0.15, 0.2) is 42.5 Å². The van der Waals surface area contributed by atoms with Crippen LogP contribution in [0.25, 0.3) is 0 Å². The van der Waals surface area contributed by atoms with Gasteiger partial charge in [-0.25, -0.2) is 4.39 Å². The number of nitrogens with one attached hydrogen (secondary N) is 2. The Balaban J connectivity index is 1.80. The lowest BCUT2D eigenvalue weighted by Gasteiger charge is -2.19. The second-order valence-corrected chi connectivity index (χ2v) is 6.50. The Morgan fingerprint density at radius 3 is 2.43 bits per heavy atom. The highest BCUT2D eigenvalue weighted by molar-refractivity contribution is 6.30. The molecule has 0 aliphatic carbocycles. The van der Waals surface area contributed by atoms with Gasteiger partial charge >= 0.3 is 0 Å². The van der Waals surface area contributed by atoms with E-state index >= 15 is 0 Å². The molecule has 0 bridgehead atoms. The third-order valence-electron chi connectivity index (χ3n) is 4.05. The number of ether oxygens (including phenoxy) is 1. The van der Waals surface area contributed by atoms with Crippen molar-refractivity contribution >= 4 is 34.8 Å². The van der Waals surface area contributed by atoms with Gasteiger partial charge < -0.3 is 15.4 Å². The number of anilines is 2. The van der Waals surface area contributed by atoms with E-state index in [4.69, 9.17) is 16.3 Å². The number of carbonyl (C=O) groups is 2. The minimum Gasteiger partial charge on any atom is -0.497 e. The average molecular weight is 408 g/mol. The number of rotatable bonds is 9. The second kappa shape index (κ2) is 10.6. The third kappa shape index (κ3) is 6.83.